The van der Waals surface area contributed by atoms with Crippen molar-refractivity contribution in [1.29, 1.82) is 0 Å². The summed E-state index contributed by atoms with van der Waals surface area (Å²) in [5, 5.41) is 11.1. The second-order valence-corrected chi connectivity index (χ2v) is 7.45. The zero-order valence-corrected chi connectivity index (χ0v) is 13.1. The van der Waals surface area contributed by atoms with Gasteiger partial charge in [-0.25, -0.2) is 13.1 Å². The Morgan fingerprint density at radius 3 is 2.55 bits per heavy atom. The van der Waals surface area contributed by atoms with Crippen LogP contribution in [0.2, 0.25) is 5.02 Å². The summed E-state index contributed by atoms with van der Waals surface area (Å²) in [6, 6.07) is 8.10. The fraction of sp³-hybridized carbons (Fsp3) is 0.231. The van der Waals surface area contributed by atoms with E-state index in [0.717, 1.165) is 5.56 Å². The monoisotopic (exact) mass is 331 g/mol. The molecule has 0 radical (unpaired) electrons. The predicted octanol–water partition coefficient (Wildman–Crippen LogP) is 2.93. The molecule has 2 rings (SSSR count). The van der Waals surface area contributed by atoms with Crippen LogP contribution in [0.4, 0.5) is 0 Å². The second kappa shape index (κ2) is 6.24. The van der Waals surface area contributed by atoms with Crippen LogP contribution < -0.4 is 4.72 Å². The van der Waals surface area contributed by atoms with Crippen molar-refractivity contribution in [3.05, 3.63) is 51.2 Å². The number of halogens is 1. The maximum atomic E-state index is 12.2. The third kappa shape index (κ3) is 3.59. The topological polar surface area (TPSA) is 66.4 Å². The van der Waals surface area contributed by atoms with Crippen LogP contribution in [-0.4, -0.2) is 13.5 Å². The normalized spacial score (nSPS) is 13.3. The summed E-state index contributed by atoms with van der Waals surface area (Å²) >= 11 is 7.02. The molecule has 0 aliphatic rings. The number of benzene rings is 1. The van der Waals surface area contributed by atoms with E-state index in [2.05, 4.69) is 4.72 Å². The molecule has 108 valence electrons. The molecule has 4 nitrogen and oxygen atoms in total. The van der Waals surface area contributed by atoms with Crippen LogP contribution in [0.5, 0.6) is 0 Å². The Kier molecular flexibility index (Phi) is 4.82. The second-order valence-electron chi connectivity index (χ2n) is 4.30. The van der Waals surface area contributed by atoms with Gasteiger partial charge >= 0.3 is 0 Å². The first-order chi connectivity index (χ1) is 9.42. The molecule has 0 saturated heterocycles. The molecule has 0 fully saturated rings. The Bertz CT molecular complexity index is 680. The minimum atomic E-state index is -3.59. The van der Waals surface area contributed by atoms with Gasteiger partial charge in [-0.05, 0) is 30.7 Å². The van der Waals surface area contributed by atoms with E-state index in [1.807, 2.05) is 0 Å². The molecule has 1 aromatic carbocycles. The lowest BCUT2D eigenvalue weighted by molar-refractivity contribution is 0.285. The van der Waals surface area contributed by atoms with E-state index in [-0.39, 0.29) is 17.5 Å². The lowest BCUT2D eigenvalue weighted by atomic mass is 10.1. The Hall–Kier alpha value is -0.920. The van der Waals surface area contributed by atoms with Gasteiger partial charge in [0.15, 0.2) is 0 Å². The smallest absolute Gasteiger partial charge is 0.241 e. The van der Waals surface area contributed by atoms with Crippen LogP contribution in [0, 0.1) is 0 Å². The first-order valence-corrected chi connectivity index (χ1v) is 8.62. The van der Waals surface area contributed by atoms with Gasteiger partial charge in [0, 0.05) is 21.3 Å². The number of nitrogens with one attached hydrogen (secondary N) is 1. The van der Waals surface area contributed by atoms with Gasteiger partial charge in [0.25, 0.3) is 0 Å². The van der Waals surface area contributed by atoms with Gasteiger partial charge in [0.2, 0.25) is 10.0 Å². The first kappa shape index (κ1) is 15.5. The molecule has 1 atom stereocenters. The van der Waals surface area contributed by atoms with Crippen molar-refractivity contribution in [2.24, 2.45) is 0 Å². The molecule has 0 amide bonds. The Balaban J connectivity index is 2.17. The van der Waals surface area contributed by atoms with Crippen LogP contribution in [0.15, 0.2) is 40.6 Å². The van der Waals surface area contributed by atoms with Crippen LogP contribution in [0.1, 0.15) is 23.4 Å². The molecule has 1 unspecified atom stereocenters. The van der Waals surface area contributed by atoms with Crippen molar-refractivity contribution in [3.8, 4) is 0 Å². The molecule has 0 aliphatic heterocycles. The summed E-state index contributed by atoms with van der Waals surface area (Å²) in [5.74, 6) is 0. The molecular formula is C13H14ClNO3S2. The molecule has 1 heterocycles. The highest BCUT2D eigenvalue weighted by Crippen LogP contribution is 2.22. The maximum Gasteiger partial charge on any atom is 0.241 e. The number of rotatable bonds is 5. The van der Waals surface area contributed by atoms with Crippen molar-refractivity contribution in [2.75, 3.05) is 0 Å². The minimum Gasteiger partial charge on any atom is -0.391 e. The predicted molar refractivity (Wildman–Crippen MR) is 80.4 cm³/mol. The number of sulfonamides is 1. The van der Waals surface area contributed by atoms with Crippen molar-refractivity contribution in [3.63, 3.8) is 0 Å². The highest BCUT2D eigenvalue weighted by molar-refractivity contribution is 7.89. The third-order valence-corrected chi connectivity index (χ3v) is 5.64. The Morgan fingerprint density at radius 2 is 2.00 bits per heavy atom. The quantitative estimate of drug-likeness (QED) is 0.885. The Labute approximate surface area is 127 Å². The molecule has 0 aliphatic carbocycles. The number of thiophene rings is 1. The average molecular weight is 332 g/mol. The van der Waals surface area contributed by atoms with E-state index < -0.39 is 10.0 Å². The van der Waals surface area contributed by atoms with E-state index in [1.54, 1.807) is 31.2 Å². The SMILES string of the molecule is CC(NS(=O)(=O)c1csc(CO)c1)c1ccc(Cl)cc1. The van der Waals surface area contributed by atoms with Crippen LogP contribution in [0.25, 0.3) is 0 Å². The zero-order valence-electron chi connectivity index (χ0n) is 10.7. The van der Waals surface area contributed by atoms with Crippen LogP contribution in [0.3, 0.4) is 0 Å². The fourth-order valence-electron chi connectivity index (χ4n) is 1.70. The number of hydrogen-bond donors (Lipinski definition) is 2. The summed E-state index contributed by atoms with van der Waals surface area (Å²) in [5.41, 5.74) is 0.829. The van der Waals surface area contributed by atoms with E-state index in [0.29, 0.717) is 9.90 Å². The highest BCUT2D eigenvalue weighted by atomic mass is 35.5. The summed E-state index contributed by atoms with van der Waals surface area (Å²) in [4.78, 5) is 0.789. The number of hydrogen-bond acceptors (Lipinski definition) is 4. The van der Waals surface area contributed by atoms with Gasteiger partial charge in [-0.15, -0.1) is 11.3 Å². The Morgan fingerprint density at radius 1 is 1.35 bits per heavy atom. The maximum absolute atomic E-state index is 12.2. The molecule has 2 aromatic rings. The van der Waals surface area contributed by atoms with E-state index in [9.17, 15) is 8.42 Å². The van der Waals surface area contributed by atoms with Gasteiger partial charge in [0.1, 0.15) is 0 Å². The summed E-state index contributed by atoms with van der Waals surface area (Å²) in [7, 11) is -3.59. The van der Waals surface area contributed by atoms with Gasteiger partial charge in [-0.3, -0.25) is 0 Å². The molecular weight excluding hydrogens is 318 g/mol. The van der Waals surface area contributed by atoms with Gasteiger partial charge in [-0.1, -0.05) is 23.7 Å². The molecule has 1 aromatic heterocycles. The van der Waals surface area contributed by atoms with Crippen LogP contribution in [-0.2, 0) is 16.6 Å². The standard InChI is InChI=1S/C13H14ClNO3S2/c1-9(10-2-4-11(14)5-3-10)15-20(17,18)13-6-12(7-16)19-8-13/h2-6,8-9,15-16H,7H2,1H3. The van der Waals surface area contributed by atoms with Gasteiger partial charge < -0.3 is 5.11 Å². The van der Waals surface area contributed by atoms with Crippen molar-refractivity contribution in [2.45, 2.75) is 24.5 Å². The molecule has 20 heavy (non-hydrogen) atoms. The molecule has 2 N–H and O–H groups in total. The first-order valence-electron chi connectivity index (χ1n) is 5.88. The average Bonchev–Trinajstić information content (AvgIpc) is 2.88. The molecule has 7 heteroatoms. The van der Waals surface area contributed by atoms with Crippen molar-refractivity contribution < 1.29 is 13.5 Å². The largest absolute Gasteiger partial charge is 0.391 e. The molecule has 0 saturated carbocycles. The summed E-state index contributed by atoms with van der Waals surface area (Å²) in [6.45, 7) is 1.60. The van der Waals surface area contributed by atoms with E-state index in [4.69, 9.17) is 16.7 Å². The number of aliphatic hydroxyl groups is 1. The number of aliphatic hydroxyl groups excluding tert-OH is 1. The lowest BCUT2D eigenvalue weighted by Crippen LogP contribution is -2.26. The minimum absolute atomic E-state index is 0.160. The summed E-state index contributed by atoms with van der Waals surface area (Å²) in [6.07, 6.45) is 0. The highest BCUT2D eigenvalue weighted by Gasteiger charge is 2.19. The van der Waals surface area contributed by atoms with Crippen molar-refractivity contribution in [1.82, 2.24) is 4.72 Å². The molecule has 0 spiro atoms. The van der Waals surface area contributed by atoms with E-state index in [1.165, 1.54) is 22.8 Å². The zero-order chi connectivity index (χ0) is 14.8. The summed E-state index contributed by atoms with van der Waals surface area (Å²) < 4.78 is 27.0. The van der Waals surface area contributed by atoms with Gasteiger partial charge in [-0.2, -0.15) is 0 Å². The lowest BCUT2D eigenvalue weighted by Gasteiger charge is -2.14. The van der Waals surface area contributed by atoms with Gasteiger partial charge in [0.05, 0.1) is 11.5 Å². The van der Waals surface area contributed by atoms with E-state index >= 15 is 0 Å². The van der Waals surface area contributed by atoms with Crippen molar-refractivity contribution >= 4 is 33.0 Å². The molecule has 0 bridgehead atoms. The van der Waals surface area contributed by atoms with Crippen LogP contribution >= 0.6 is 22.9 Å². The fourth-order valence-corrected chi connectivity index (χ4v) is 4.20. The third-order valence-electron chi connectivity index (χ3n) is 2.80.